The van der Waals surface area contributed by atoms with E-state index in [9.17, 15) is 4.39 Å². The lowest BCUT2D eigenvalue weighted by Crippen LogP contribution is -1.97. The highest BCUT2D eigenvalue weighted by Crippen LogP contribution is 2.42. The fourth-order valence-electron chi connectivity index (χ4n) is 0.665. The lowest BCUT2D eigenvalue weighted by Gasteiger charge is -2.10. The van der Waals surface area contributed by atoms with E-state index in [0.717, 1.165) is 0 Å². The maximum atomic E-state index is 12.6. The van der Waals surface area contributed by atoms with E-state index in [1.54, 1.807) is 12.1 Å². The highest BCUT2D eigenvalue weighted by molar-refractivity contribution is 9.25. The molecule has 0 spiro atoms. The summed E-state index contributed by atoms with van der Waals surface area (Å²) in [7, 11) is 0. The minimum Gasteiger partial charge on any atom is -0.207 e. The normalized spacial score (nSPS) is 11.6. The molecular formula is C7H4Br2ClF. The predicted molar refractivity (Wildman–Crippen MR) is 51.8 cm³/mol. The Morgan fingerprint density at radius 2 is 2.00 bits per heavy atom. The van der Waals surface area contributed by atoms with E-state index in [0.29, 0.717) is 5.56 Å². The van der Waals surface area contributed by atoms with Crippen molar-refractivity contribution < 1.29 is 4.39 Å². The van der Waals surface area contributed by atoms with Crippen molar-refractivity contribution >= 4 is 43.5 Å². The zero-order valence-electron chi connectivity index (χ0n) is 5.32. The van der Waals surface area contributed by atoms with Crippen LogP contribution in [0, 0.1) is 5.82 Å². The van der Waals surface area contributed by atoms with Gasteiger partial charge in [-0.15, -0.1) is 0 Å². The van der Waals surface area contributed by atoms with Crippen molar-refractivity contribution in [1.29, 1.82) is 0 Å². The first kappa shape index (κ1) is 9.49. The molecule has 0 atom stereocenters. The van der Waals surface area contributed by atoms with Gasteiger partial charge in [-0.3, -0.25) is 0 Å². The first-order valence-corrected chi connectivity index (χ1v) is 4.79. The second-order valence-electron chi connectivity index (χ2n) is 2.01. The Balaban J connectivity index is 3.06. The van der Waals surface area contributed by atoms with Crippen molar-refractivity contribution in [2.24, 2.45) is 0 Å². The van der Waals surface area contributed by atoms with Gasteiger partial charge in [-0.05, 0) is 49.6 Å². The SMILES string of the molecule is Fc1cccc(C(Cl)(Br)Br)c1. The molecule has 1 aromatic carbocycles. The van der Waals surface area contributed by atoms with Crippen molar-refractivity contribution in [2.75, 3.05) is 0 Å². The molecule has 11 heavy (non-hydrogen) atoms. The molecule has 0 aliphatic heterocycles. The summed E-state index contributed by atoms with van der Waals surface area (Å²) in [5.74, 6) is -0.300. The summed E-state index contributed by atoms with van der Waals surface area (Å²) >= 11 is 12.1. The molecule has 0 heterocycles. The number of halogens is 4. The molecule has 0 saturated carbocycles. The highest BCUT2D eigenvalue weighted by Gasteiger charge is 2.21. The van der Waals surface area contributed by atoms with E-state index < -0.39 is 2.69 Å². The zero-order valence-corrected chi connectivity index (χ0v) is 9.25. The lowest BCUT2D eigenvalue weighted by atomic mass is 10.2. The van der Waals surface area contributed by atoms with E-state index in [1.807, 2.05) is 0 Å². The van der Waals surface area contributed by atoms with Gasteiger partial charge in [0.25, 0.3) is 0 Å². The van der Waals surface area contributed by atoms with Crippen LogP contribution in [0.2, 0.25) is 0 Å². The third-order valence-corrected chi connectivity index (χ3v) is 2.29. The van der Waals surface area contributed by atoms with E-state index in [4.69, 9.17) is 11.6 Å². The van der Waals surface area contributed by atoms with Crippen molar-refractivity contribution in [3.63, 3.8) is 0 Å². The minimum atomic E-state index is -0.859. The van der Waals surface area contributed by atoms with Crippen molar-refractivity contribution in [3.8, 4) is 0 Å². The number of benzene rings is 1. The van der Waals surface area contributed by atoms with Crippen LogP contribution in [-0.4, -0.2) is 0 Å². The summed E-state index contributed by atoms with van der Waals surface area (Å²) in [6.45, 7) is 0. The first-order chi connectivity index (χ1) is 5.00. The lowest BCUT2D eigenvalue weighted by molar-refractivity contribution is 0.626. The Labute approximate surface area is 86.0 Å². The molecule has 0 radical (unpaired) electrons. The fourth-order valence-corrected chi connectivity index (χ4v) is 1.28. The Morgan fingerprint density at radius 1 is 1.36 bits per heavy atom. The average Bonchev–Trinajstić information content (AvgIpc) is 1.86. The van der Waals surface area contributed by atoms with Gasteiger partial charge in [0.1, 0.15) is 5.82 Å². The van der Waals surface area contributed by atoms with E-state index in [-0.39, 0.29) is 5.82 Å². The summed E-state index contributed by atoms with van der Waals surface area (Å²) in [6, 6.07) is 6.05. The van der Waals surface area contributed by atoms with Crippen molar-refractivity contribution in [3.05, 3.63) is 35.6 Å². The molecule has 1 rings (SSSR count). The third kappa shape index (κ3) is 2.73. The molecule has 60 valence electrons. The van der Waals surface area contributed by atoms with Gasteiger partial charge in [-0.25, -0.2) is 4.39 Å². The van der Waals surface area contributed by atoms with Gasteiger partial charge in [0.05, 0.1) is 0 Å². The van der Waals surface area contributed by atoms with Gasteiger partial charge in [0.15, 0.2) is 2.69 Å². The minimum absolute atomic E-state index is 0.300. The largest absolute Gasteiger partial charge is 0.207 e. The highest BCUT2D eigenvalue weighted by atomic mass is 79.9. The molecule has 0 unspecified atom stereocenters. The summed E-state index contributed by atoms with van der Waals surface area (Å²) in [4.78, 5) is 0. The van der Waals surface area contributed by atoms with Crippen LogP contribution in [-0.2, 0) is 2.69 Å². The molecular weight excluding hydrogens is 298 g/mol. The van der Waals surface area contributed by atoms with Crippen LogP contribution in [0.4, 0.5) is 4.39 Å². The molecule has 0 aliphatic rings. The van der Waals surface area contributed by atoms with Crippen LogP contribution < -0.4 is 0 Å². The molecule has 0 fully saturated rings. The van der Waals surface area contributed by atoms with Gasteiger partial charge in [0, 0.05) is 0 Å². The quantitative estimate of drug-likeness (QED) is 0.689. The van der Waals surface area contributed by atoms with Gasteiger partial charge < -0.3 is 0 Å². The average molecular weight is 302 g/mol. The summed E-state index contributed by atoms with van der Waals surface area (Å²) in [6.07, 6.45) is 0. The van der Waals surface area contributed by atoms with Crippen molar-refractivity contribution in [2.45, 2.75) is 2.69 Å². The summed E-state index contributed by atoms with van der Waals surface area (Å²) in [5, 5.41) is 0. The van der Waals surface area contributed by atoms with Gasteiger partial charge >= 0.3 is 0 Å². The van der Waals surface area contributed by atoms with Crippen molar-refractivity contribution in [1.82, 2.24) is 0 Å². The number of hydrogen-bond acceptors (Lipinski definition) is 0. The second-order valence-corrected chi connectivity index (χ2v) is 6.93. The smallest absolute Gasteiger partial charge is 0.178 e. The monoisotopic (exact) mass is 300 g/mol. The summed E-state index contributed by atoms with van der Waals surface area (Å²) in [5.41, 5.74) is 0.638. The van der Waals surface area contributed by atoms with Gasteiger partial charge in [0.2, 0.25) is 0 Å². The van der Waals surface area contributed by atoms with E-state index in [2.05, 4.69) is 31.9 Å². The molecule has 0 bridgehead atoms. The van der Waals surface area contributed by atoms with Crippen LogP contribution in [0.15, 0.2) is 24.3 Å². The van der Waals surface area contributed by atoms with Crippen LogP contribution in [0.5, 0.6) is 0 Å². The standard InChI is InChI=1S/C7H4Br2ClF/c8-7(9,10)5-2-1-3-6(11)4-5/h1-4H. The Hall–Kier alpha value is 0.400. The molecule has 4 heteroatoms. The van der Waals surface area contributed by atoms with E-state index in [1.165, 1.54) is 12.1 Å². The number of rotatable bonds is 1. The van der Waals surface area contributed by atoms with Gasteiger partial charge in [-0.2, -0.15) is 0 Å². The third-order valence-electron chi connectivity index (χ3n) is 1.15. The van der Waals surface area contributed by atoms with E-state index >= 15 is 0 Å². The van der Waals surface area contributed by atoms with Crippen LogP contribution in [0.3, 0.4) is 0 Å². The fraction of sp³-hybridized carbons (Fsp3) is 0.143. The number of hydrogen-bond donors (Lipinski definition) is 0. The second kappa shape index (κ2) is 3.42. The molecule has 0 saturated heterocycles. The maximum Gasteiger partial charge on any atom is 0.178 e. The molecule has 0 N–H and O–H groups in total. The van der Waals surface area contributed by atoms with Crippen LogP contribution >= 0.6 is 43.5 Å². The number of alkyl halides is 3. The molecule has 0 nitrogen and oxygen atoms in total. The predicted octanol–water partition coefficient (Wildman–Crippen LogP) is 3.96. The molecule has 0 amide bonds. The van der Waals surface area contributed by atoms with Gasteiger partial charge in [-0.1, -0.05) is 23.7 Å². The topological polar surface area (TPSA) is 0 Å². The Kier molecular flexibility index (Phi) is 2.95. The zero-order chi connectivity index (χ0) is 8.48. The summed E-state index contributed by atoms with van der Waals surface area (Å²) < 4.78 is 11.7. The maximum absolute atomic E-state index is 12.6. The van der Waals surface area contributed by atoms with Crippen LogP contribution in [0.25, 0.3) is 0 Å². The molecule has 1 aromatic rings. The van der Waals surface area contributed by atoms with Crippen LogP contribution in [0.1, 0.15) is 5.56 Å². The molecule has 0 aliphatic carbocycles. The molecule has 0 aromatic heterocycles. The first-order valence-electron chi connectivity index (χ1n) is 2.83. The Bertz CT molecular complexity index is 257. The Morgan fingerprint density at radius 3 is 2.36 bits per heavy atom.